The van der Waals surface area contributed by atoms with Gasteiger partial charge >= 0.3 is 0 Å². The number of para-hydroxylation sites is 2. The van der Waals surface area contributed by atoms with E-state index in [4.69, 9.17) is 0 Å². The zero-order chi connectivity index (χ0) is 29.8. The number of carbonyl (C=O) groups is 1. The number of hydrogen-bond donors (Lipinski definition) is 0. The van der Waals surface area contributed by atoms with E-state index in [-0.39, 0.29) is 11.8 Å². The standard InChI is InChI=1S/C39H43N3O/c1-29(2)39(43)40(3)34-19-12-16-32(28-34)30-23-26-41(27-24-30)25-13-21-36-35-20-10-11-22-37(35)42(33-17-8-5-9-18-33)38(36)31-14-6-4-7-15-31/h4-12,14-20,22,28-30H,13,21,23-27H2,1-3H3. The molecule has 1 aliphatic heterocycles. The molecule has 0 radical (unpaired) electrons. The van der Waals surface area contributed by atoms with Gasteiger partial charge in [-0.3, -0.25) is 4.79 Å². The molecule has 0 atom stereocenters. The second-order valence-corrected chi connectivity index (χ2v) is 12.2. The van der Waals surface area contributed by atoms with Crippen LogP contribution >= 0.6 is 0 Å². The van der Waals surface area contributed by atoms with Crippen molar-refractivity contribution < 1.29 is 4.79 Å². The van der Waals surface area contributed by atoms with E-state index in [1.807, 2.05) is 25.8 Å². The lowest BCUT2D eigenvalue weighted by Gasteiger charge is -2.32. The molecule has 1 saturated heterocycles. The van der Waals surface area contributed by atoms with Crippen molar-refractivity contribution in [1.29, 1.82) is 0 Å². The van der Waals surface area contributed by atoms with Crippen molar-refractivity contribution in [3.63, 3.8) is 0 Å². The number of fused-ring (bicyclic) bond motifs is 1. The van der Waals surface area contributed by atoms with Gasteiger partial charge in [0.25, 0.3) is 0 Å². The fourth-order valence-electron chi connectivity index (χ4n) is 6.78. The minimum absolute atomic E-state index is 0.00412. The molecule has 0 spiro atoms. The van der Waals surface area contributed by atoms with Crippen molar-refractivity contribution in [1.82, 2.24) is 9.47 Å². The molecule has 0 bridgehead atoms. The summed E-state index contributed by atoms with van der Waals surface area (Å²) in [4.78, 5) is 17.0. The van der Waals surface area contributed by atoms with Gasteiger partial charge in [0.15, 0.2) is 0 Å². The molecule has 0 saturated carbocycles. The number of nitrogens with zero attached hydrogens (tertiary/aromatic N) is 3. The van der Waals surface area contributed by atoms with Crippen LogP contribution < -0.4 is 4.90 Å². The maximum absolute atomic E-state index is 12.5. The molecule has 1 aliphatic rings. The smallest absolute Gasteiger partial charge is 0.229 e. The predicted molar refractivity (Wildman–Crippen MR) is 180 cm³/mol. The second kappa shape index (κ2) is 13.0. The highest BCUT2D eigenvalue weighted by Gasteiger charge is 2.23. The monoisotopic (exact) mass is 569 g/mol. The molecule has 4 nitrogen and oxygen atoms in total. The lowest BCUT2D eigenvalue weighted by atomic mass is 9.89. The molecule has 0 N–H and O–H groups in total. The van der Waals surface area contributed by atoms with Gasteiger partial charge in [0.1, 0.15) is 0 Å². The fraction of sp³-hybridized carbons (Fsp3) is 0.308. The topological polar surface area (TPSA) is 28.5 Å². The molecule has 6 rings (SSSR count). The minimum Gasteiger partial charge on any atom is -0.315 e. The van der Waals surface area contributed by atoms with E-state index < -0.39 is 0 Å². The summed E-state index contributed by atoms with van der Waals surface area (Å²) in [6.45, 7) is 7.27. The Labute approximate surface area is 256 Å². The van der Waals surface area contributed by atoms with E-state index >= 15 is 0 Å². The van der Waals surface area contributed by atoms with Crippen LogP contribution in [0.25, 0.3) is 27.8 Å². The van der Waals surface area contributed by atoms with Crippen LogP contribution in [0.1, 0.15) is 50.2 Å². The van der Waals surface area contributed by atoms with Crippen LogP contribution in [0, 0.1) is 5.92 Å². The zero-order valence-corrected chi connectivity index (χ0v) is 25.7. The predicted octanol–water partition coefficient (Wildman–Crippen LogP) is 8.73. The first kappa shape index (κ1) is 28.9. The van der Waals surface area contributed by atoms with E-state index in [0.717, 1.165) is 51.0 Å². The number of hydrogen-bond acceptors (Lipinski definition) is 2. The Morgan fingerprint density at radius 3 is 2.23 bits per heavy atom. The lowest BCUT2D eigenvalue weighted by Crippen LogP contribution is -2.34. The molecule has 4 aromatic carbocycles. The first-order valence-corrected chi connectivity index (χ1v) is 15.8. The Balaban J connectivity index is 1.16. The summed E-state index contributed by atoms with van der Waals surface area (Å²) in [6, 6.07) is 39.2. The van der Waals surface area contributed by atoms with Gasteiger partial charge in [0, 0.05) is 29.7 Å². The van der Waals surface area contributed by atoms with Crippen LogP contribution in [0.3, 0.4) is 0 Å². The summed E-state index contributed by atoms with van der Waals surface area (Å²) in [7, 11) is 1.89. The van der Waals surface area contributed by atoms with Gasteiger partial charge < -0.3 is 14.4 Å². The van der Waals surface area contributed by atoms with Crippen molar-refractivity contribution in [2.24, 2.45) is 5.92 Å². The van der Waals surface area contributed by atoms with Crippen LogP contribution in [0.5, 0.6) is 0 Å². The number of benzene rings is 4. The molecular weight excluding hydrogens is 526 g/mol. The number of anilines is 1. The average molecular weight is 570 g/mol. The Morgan fingerprint density at radius 2 is 1.51 bits per heavy atom. The molecule has 43 heavy (non-hydrogen) atoms. The van der Waals surface area contributed by atoms with Gasteiger partial charge in [-0.15, -0.1) is 0 Å². The molecule has 5 aromatic rings. The van der Waals surface area contributed by atoms with Gasteiger partial charge in [0.05, 0.1) is 11.2 Å². The maximum Gasteiger partial charge on any atom is 0.229 e. The third-order valence-corrected chi connectivity index (χ3v) is 9.08. The van der Waals surface area contributed by atoms with Crippen molar-refractivity contribution in [2.45, 2.75) is 45.4 Å². The summed E-state index contributed by atoms with van der Waals surface area (Å²) in [5.41, 5.74) is 8.86. The Kier molecular flexibility index (Phi) is 8.76. The maximum atomic E-state index is 12.5. The highest BCUT2D eigenvalue weighted by atomic mass is 16.2. The van der Waals surface area contributed by atoms with Gasteiger partial charge in [0.2, 0.25) is 5.91 Å². The summed E-state index contributed by atoms with van der Waals surface area (Å²) < 4.78 is 2.45. The van der Waals surface area contributed by atoms with Crippen LogP contribution in [0.4, 0.5) is 5.69 Å². The summed E-state index contributed by atoms with van der Waals surface area (Å²) in [5, 5.41) is 1.35. The quantitative estimate of drug-likeness (QED) is 0.178. The fourth-order valence-corrected chi connectivity index (χ4v) is 6.78. The van der Waals surface area contributed by atoms with Crippen molar-refractivity contribution in [3.8, 4) is 16.9 Å². The highest BCUT2D eigenvalue weighted by Crippen LogP contribution is 2.37. The second-order valence-electron chi connectivity index (χ2n) is 12.2. The van der Waals surface area contributed by atoms with E-state index in [1.54, 1.807) is 0 Å². The number of carbonyl (C=O) groups excluding carboxylic acids is 1. The van der Waals surface area contributed by atoms with Crippen LogP contribution in [0.2, 0.25) is 0 Å². The summed E-state index contributed by atoms with van der Waals surface area (Å²) >= 11 is 0. The van der Waals surface area contributed by atoms with Gasteiger partial charge in [-0.2, -0.15) is 0 Å². The third-order valence-electron chi connectivity index (χ3n) is 9.08. The van der Waals surface area contributed by atoms with Crippen LogP contribution in [0.15, 0.2) is 109 Å². The van der Waals surface area contributed by atoms with Crippen molar-refractivity contribution in [3.05, 3.63) is 120 Å². The first-order valence-electron chi connectivity index (χ1n) is 15.8. The Bertz CT molecular complexity index is 1660. The number of piperidine rings is 1. The van der Waals surface area contributed by atoms with Crippen LogP contribution in [-0.4, -0.2) is 42.1 Å². The molecule has 0 aliphatic carbocycles. The molecule has 4 heteroatoms. The molecule has 1 aromatic heterocycles. The van der Waals surface area contributed by atoms with Crippen LogP contribution in [-0.2, 0) is 11.2 Å². The van der Waals surface area contributed by atoms with E-state index in [2.05, 4.69) is 119 Å². The summed E-state index contributed by atoms with van der Waals surface area (Å²) in [5.74, 6) is 0.706. The molecule has 220 valence electrons. The number of amides is 1. The third kappa shape index (κ3) is 6.16. The highest BCUT2D eigenvalue weighted by molar-refractivity contribution is 5.94. The average Bonchev–Trinajstić information content (AvgIpc) is 3.39. The number of likely N-dealkylation sites (tertiary alicyclic amines) is 1. The van der Waals surface area contributed by atoms with Crippen molar-refractivity contribution >= 4 is 22.5 Å². The molecular formula is C39H43N3O. The molecule has 1 fully saturated rings. The van der Waals surface area contributed by atoms with E-state index in [9.17, 15) is 4.79 Å². The van der Waals surface area contributed by atoms with Crippen molar-refractivity contribution in [2.75, 3.05) is 31.6 Å². The van der Waals surface area contributed by atoms with E-state index in [1.165, 1.54) is 39.0 Å². The lowest BCUT2D eigenvalue weighted by molar-refractivity contribution is -0.121. The van der Waals surface area contributed by atoms with Gasteiger partial charge in [-0.1, -0.05) is 92.7 Å². The number of aromatic nitrogens is 1. The van der Waals surface area contributed by atoms with Gasteiger partial charge in [-0.05, 0) is 98.3 Å². The van der Waals surface area contributed by atoms with E-state index in [0.29, 0.717) is 5.92 Å². The van der Waals surface area contributed by atoms with Gasteiger partial charge in [-0.25, -0.2) is 0 Å². The Morgan fingerprint density at radius 1 is 0.837 bits per heavy atom. The number of aryl methyl sites for hydroxylation is 1. The number of rotatable bonds is 9. The SMILES string of the molecule is CC(C)C(=O)N(C)c1cccc(C2CCN(CCCc3c(-c4ccccc4)n(-c4ccccc4)c4ccccc34)CC2)c1. The molecule has 1 amide bonds. The first-order chi connectivity index (χ1) is 21.0. The largest absolute Gasteiger partial charge is 0.315 e. The molecule has 2 heterocycles. The Hall–Kier alpha value is -4.15. The minimum atomic E-state index is -0.00412. The normalized spacial score (nSPS) is 14.4. The zero-order valence-electron chi connectivity index (χ0n) is 25.7. The molecule has 0 unspecified atom stereocenters. The summed E-state index contributed by atoms with van der Waals surface area (Å²) in [6.07, 6.45) is 4.50.